The number of aromatic carboxylic acids is 1. The monoisotopic (exact) mass is 195 g/mol. The third-order valence-electron chi connectivity index (χ3n) is 1.38. The van der Waals surface area contributed by atoms with Crippen LogP contribution in [0.3, 0.4) is 0 Å². The van der Waals surface area contributed by atoms with Crippen LogP contribution in [-0.4, -0.2) is 22.0 Å². The number of hydrogen-bond donors (Lipinski definition) is 3. The Morgan fingerprint density at radius 2 is 2.14 bits per heavy atom. The first-order valence-corrected chi connectivity index (χ1v) is 3.81. The molecule has 6 heteroatoms. The number of nitrogens with one attached hydrogen (secondary N) is 2. The lowest BCUT2D eigenvalue weighted by Gasteiger charge is -2.04. The Bertz CT molecular complexity index is 347. The normalized spacial score (nSPS) is 9.21. The van der Waals surface area contributed by atoms with Crippen molar-refractivity contribution in [3.05, 3.63) is 23.9 Å². The van der Waals surface area contributed by atoms with Crippen LogP contribution in [0.5, 0.6) is 0 Å². The molecule has 1 amide bonds. The number of anilines is 1. The Hall–Kier alpha value is -2.11. The van der Waals surface area contributed by atoms with E-state index in [0.29, 0.717) is 5.82 Å². The lowest BCUT2D eigenvalue weighted by Crippen LogP contribution is -2.27. The van der Waals surface area contributed by atoms with Gasteiger partial charge >= 0.3 is 5.97 Å². The number of hydrogen-bond acceptors (Lipinski definition) is 4. The zero-order valence-corrected chi connectivity index (χ0v) is 7.44. The molecular weight excluding hydrogens is 186 g/mol. The van der Waals surface area contributed by atoms with E-state index in [-0.39, 0.29) is 11.5 Å². The van der Waals surface area contributed by atoms with Gasteiger partial charge in [-0.25, -0.2) is 9.78 Å². The molecule has 6 nitrogen and oxygen atoms in total. The van der Waals surface area contributed by atoms with Crippen molar-refractivity contribution < 1.29 is 14.7 Å². The number of nitrogens with zero attached hydrogens (tertiary/aromatic N) is 1. The summed E-state index contributed by atoms with van der Waals surface area (Å²) < 4.78 is 0. The predicted octanol–water partition coefficient (Wildman–Crippen LogP) is 0.243. The fraction of sp³-hybridized carbons (Fsp3) is 0.125. The van der Waals surface area contributed by atoms with Crippen LogP contribution < -0.4 is 10.9 Å². The lowest BCUT2D eigenvalue weighted by atomic mass is 10.3. The first kappa shape index (κ1) is 9.97. The van der Waals surface area contributed by atoms with Gasteiger partial charge in [-0.15, -0.1) is 0 Å². The molecule has 1 aromatic heterocycles. The van der Waals surface area contributed by atoms with Crippen LogP contribution in [0.1, 0.15) is 17.3 Å². The number of hydrazine groups is 1. The van der Waals surface area contributed by atoms with Crippen LogP contribution in [0.25, 0.3) is 0 Å². The minimum Gasteiger partial charge on any atom is -0.478 e. The van der Waals surface area contributed by atoms with Crippen molar-refractivity contribution in [1.82, 2.24) is 10.4 Å². The second-order valence-corrected chi connectivity index (χ2v) is 2.54. The molecule has 14 heavy (non-hydrogen) atoms. The first-order valence-electron chi connectivity index (χ1n) is 3.81. The highest BCUT2D eigenvalue weighted by Gasteiger charge is 2.02. The van der Waals surface area contributed by atoms with Crippen molar-refractivity contribution in [2.24, 2.45) is 0 Å². The highest BCUT2D eigenvalue weighted by atomic mass is 16.4. The largest absolute Gasteiger partial charge is 0.478 e. The molecule has 0 bridgehead atoms. The minimum absolute atomic E-state index is 0.0957. The molecule has 0 aliphatic carbocycles. The maximum Gasteiger partial charge on any atom is 0.337 e. The summed E-state index contributed by atoms with van der Waals surface area (Å²) in [5.74, 6) is -0.914. The van der Waals surface area contributed by atoms with E-state index in [9.17, 15) is 9.59 Å². The van der Waals surface area contributed by atoms with Crippen LogP contribution in [0.15, 0.2) is 18.3 Å². The molecule has 1 aromatic rings. The SMILES string of the molecule is CC(=O)NNc1ccc(C(=O)O)cn1. The van der Waals surface area contributed by atoms with Gasteiger partial charge in [0.2, 0.25) is 5.91 Å². The van der Waals surface area contributed by atoms with Crippen LogP contribution in [-0.2, 0) is 4.79 Å². The van der Waals surface area contributed by atoms with Crippen LogP contribution in [0, 0.1) is 0 Å². The highest BCUT2D eigenvalue weighted by Crippen LogP contribution is 2.03. The molecule has 0 radical (unpaired) electrons. The second-order valence-electron chi connectivity index (χ2n) is 2.54. The van der Waals surface area contributed by atoms with Gasteiger partial charge in [-0.2, -0.15) is 0 Å². The van der Waals surface area contributed by atoms with Gasteiger partial charge in [0.25, 0.3) is 0 Å². The van der Waals surface area contributed by atoms with Crippen molar-refractivity contribution in [3.8, 4) is 0 Å². The number of rotatable bonds is 3. The van der Waals surface area contributed by atoms with Crippen molar-refractivity contribution in [1.29, 1.82) is 0 Å². The predicted molar refractivity (Wildman–Crippen MR) is 48.6 cm³/mol. The van der Waals surface area contributed by atoms with E-state index in [2.05, 4.69) is 15.8 Å². The van der Waals surface area contributed by atoms with E-state index < -0.39 is 5.97 Å². The Kier molecular flexibility index (Phi) is 3.01. The van der Waals surface area contributed by atoms with E-state index in [4.69, 9.17) is 5.11 Å². The van der Waals surface area contributed by atoms with E-state index in [1.807, 2.05) is 0 Å². The Morgan fingerprint density at radius 3 is 2.57 bits per heavy atom. The van der Waals surface area contributed by atoms with Crippen molar-refractivity contribution in [2.75, 3.05) is 5.43 Å². The van der Waals surface area contributed by atoms with Gasteiger partial charge in [-0.3, -0.25) is 15.6 Å². The second kappa shape index (κ2) is 4.22. The average molecular weight is 195 g/mol. The Morgan fingerprint density at radius 1 is 1.43 bits per heavy atom. The molecule has 1 heterocycles. The van der Waals surface area contributed by atoms with Gasteiger partial charge in [0.15, 0.2) is 0 Å². The topological polar surface area (TPSA) is 91.3 Å². The number of carbonyl (C=O) groups excluding carboxylic acids is 1. The first-order chi connectivity index (χ1) is 6.59. The maximum absolute atomic E-state index is 10.5. The summed E-state index contributed by atoms with van der Waals surface area (Å²) in [4.78, 5) is 24.7. The van der Waals surface area contributed by atoms with Crippen LogP contribution in [0.4, 0.5) is 5.82 Å². The molecule has 0 aliphatic heterocycles. The Labute approximate surface area is 79.9 Å². The summed E-state index contributed by atoms with van der Waals surface area (Å²) >= 11 is 0. The standard InChI is InChI=1S/C8H9N3O3/c1-5(12)10-11-7-3-2-6(4-9-7)8(13)14/h2-4H,1H3,(H,9,11)(H,10,12)(H,13,14). The summed E-state index contributed by atoms with van der Waals surface area (Å²) in [5, 5.41) is 8.56. The minimum atomic E-state index is -1.04. The Balaban J connectivity index is 2.64. The number of carboxylic acid groups (broad SMARTS) is 1. The quantitative estimate of drug-likeness (QED) is 0.601. The van der Waals surface area contributed by atoms with Crippen molar-refractivity contribution in [3.63, 3.8) is 0 Å². The molecule has 0 aromatic carbocycles. The number of pyridine rings is 1. The number of aromatic nitrogens is 1. The molecule has 74 valence electrons. The summed E-state index contributed by atoms with van der Waals surface area (Å²) in [6.07, 6.45) is 1.20. The van der Waals surface area contributed by atoms with Gasteiger partial charge in [-0.05, 0) is 12.1 Å². The molecule has 0 saturated heterocycles. The summed E-state index contributed by atoms with van der Waals surface area (Å²) in [5.41, 5.74) is 4.91. The van der Waals surface area contributed by atoms with Gasteiger partial charge < -0.3 is 5.11 Å². The van der Waals surface area contributed by atoms with E-state index in [1.54, 1.807) is 0 Å². The maximum atomic E-state index is 10.5. The molecule has 0 unspecified atom stereocenters. The molecule has 1 rings (SSSR count). The number of carboxylic acids is 1. The van der Waals surface area contributed by atoms with Gasteiger partial charge in [0, 0.05) is 13.1 Å². The zero-order valence-electron chi connectivity index (χ0n) is 7.44. The highest BCUT2D eigenvalue weighted by molar-refractivity contribution is 5.87. The summed E-state index contributed by atoms with van der Waals surface area (Å²) in [6.45, 7) is 1.35. The average Bonchev–Trinajstić information content (AvgIpc) is 2.15. The molecular formula is C8H9N3O3. The van der Waals surface area contributed by atoms with E-state index in [0.717, 1.165) is 0 Å². The zero-order chi connectivity index (χ0) is 10.6. The van der Waals surface area contributed by atoms with Gasteiger partial charge in [-0.1, -0.05) is 0 Å². The fourth-order valence-corrected chi connectivity index (χ4v) is 0.746. The van der Waals surface area contributed by atoms with Gasteiger partial charge in [0.05, 0.1) is 5.56 Å². The molecule has 0 atom stereocenters. The van der Waals surface area contributed by atoms with Crippen LogP contribution >= 0.6 is 0 Å². The molecule has 3 N–H and O–H groups in total. The fourth-order valence-electron chi connectivity index (χ4n) is 0.746. The summed E-state index contributed by atoms with van der Waals surface area (Å²) in [7, 11) is 0. The lowest BCUT2D eigenvalue weighted by molar-refractivity contribution is -0.118. The number of carbonyl (C=O) groups is 2. The smallest absolute Gasteiger partial charge is 0.337 e. The van der Waals surface area contributed by atoms with E-state index >= 15 is 0 Å². The third-order valence-corrected chi connectivity index (χ3v) is 1.38. The van der Waals surface area contributed by atoms with Crippen LogP contribution in [0.2, 0.25) is 0 Å². The van der Waals surface area contributed by atoms with Gasteiger partial charge in [0.1, 0.15) is 5.82 Å². The van der Waals surface area contributed by atoms with Crippen molar-refractivity contribution in [2.45, 2.75) is 6.92 Å². The molecule has 0 fully saturated rings. The molecule has 0 aliphatic rings. The molecule has 0 saturated carbocycles. The van der Waals surface area contributed by atoms with Crippen molar-refractivity contribution >= 4 is 17.7 Å². The third kappa shape index (κ3) is 2.74. The van der Waals surface area contributed by atoms with E-state index in [1.165, 1.54) is 25.3 Å². The number of amides is 1. The summed E-state index contributed by atoms with van der Waals surface area (Å²) in [6, 6.07) is 2.85. The molecule has 0 spiro atoms.